The van der Waals surface area contributed by atoms with Crippen LogP contribution in [0, 0.1) is 0 Å². The van der Waals surface area contributed by atoms with E-state index in [1.54, 1.807) is 36.4 Å². The number of carbonyl (C=O) groups is 1. The van der Waals surface area contributed by atoms with Gasteiger partial charge in [-0.1, -0.05) is 24.3 Å². The number of rotatable bonds is 2. The molecule has 25 heavy (non-hydrogen) atoms. The molecule has 1 aliphatic heterocycles. The fourth-order valence-corrected chi connectivity index (χ4v) is 2.84. The Morgan fingerprint density at radius 2 is 1.32 bits per heavy atom. The second-order valence-electron chi connectivity index (χ2n) is 6.03. The largest absolute Gasteiger partial charge is 0.508 e. The van der Waals surface area contributed by atoms with Gasteiger partial charge in [0.1, 0.15) is 11.5 Å². The lowest BCUT2D eigenvalue weighted by molar-refractivity contribution is -0.113. The molecule has 1 saturated heterocycles. The zero-order valence-electron chi connectivity index (χ0n) is 13.8. The second-order valence-corrected chi connectivity index (χ2v) is 6.03. The van der Waals surface area contributed by atoms with Crippen LogP contribution < -0.4 is 0 Å². The van der Waals surface area contributed by atoms with Crippen LogP contribution in [-0.4, -0.2) is 41.0 Å². The minimum atomic E-state index is -0.000198. The highest BCUT2D eigenvalue weighted by atomic mass is 35.5. The van der Waals surface area contributed by atoms with Gasteiger partial charge in [0.05, 0.1) is 0 Å². The molecule has 5 heteroatoms. The maximum absolute atomic E-state index is 12.8. The van der Waals surface area contributed by atoms with Crippen LogP contribution in [0.2, 0.25) is 0 Å². The Morgan fingerprint density at radius 3 is 1.72 bits per heavy atom. The minimum Gasteiger partial charge on any atom is -0.508 e. The molecular formula is C20H20ClNO3. The average Bonchev–Trinajstić information content (AvgIpc) is 2.52. The zero-order chi connectivity index (χ0) is 17.1. The van der Waals surface area contributed by atoms with Gasteiger partial charge >= 0.3 is 0 Å². The third-order valence-electron chi connectivity index (χ3n) is 3.89. The van der Waals surface area contributed by atoms with E-state index in [0.29, 0.717) is 24.2 Å². The average molecular weight is 358 g/mol. The first-order valence-electron chi connectivity index (χ1n) is 7.74. The van der Waals surface area contributed by atoms with Crippen LogP contribution in [0.25, 0.3) is 12.2 Å². The Morgan fingerprint density at radius 1 is 0.880 bits per heavy atom. The number of hydrogen-bond acceptors (Lipinski definition) is 4. The lowest BCUT2D eigenvalue weighted by Gasteiger charge is -2.26. The molecule has 0 spiro atoms. The molecule has 0 atom stereocenters. The van der Waals surface area contributed by atoms with Crippen molar-refractivity contribution >= 4 is 30.3 Å². The van der Waals surface area contributed by atoms with Crippen LogP contribution in [0.3, 0.4) is 0 Å². The molecule has 0 unspecified atom stereocenters. The molecule has 1 heterocycles. The first-order chi connectivity index (χ1) is 11.5. The van der Waals surface area contributed by atoms with Crippen molar-refractivity contribution in [3.05, 3.63) is 70.8 Å². The summed E-state index contributed by atoms with van der Waals surface area (Å²) < 4.78 is 0. The Balaban J connectivity index is 0.00000225. The van der Waals surface area contributed by atoms with E-state index in [4.69, 9.17) is 0 Å². The van der Waals surface area contributed by atoms with Crippen molar-refractivity contribution in [2.24, 2.45) is 0 Å². The minimum absolute atomic E-state index is 0. The fraction of sp³-hybridized carbons (Fsp3) is 0.150. The third kappa shape index (κ3) is 4.72. The van der Waals surface area contributed by atoms with E-state index >= 15 is 0 Å². The number of phenols is 2. The van der Waals surface area contributed by atoms with Crippen LogP contribution in [0.5, 0.6) is 11.5 Å². The summed E-state index contributed by atoms with van der Waals surface area (Å²) in [6, 6.07) is 13.7. The van der Waals surface area contributed by atoms with E-state index in [1.807, 2.05) is 31.3 Å². The topological polar surface area (TPSA) is 60.8 Å². The van der Waals surface area contributed by atoms with Crippen molar-refractivity contribution in [2.45, 2.75) is 0 Å². The molecule has 1 fully saturated rings. The van der Waals surface area contributed by atoms with Gasteiger partial charge in [0.2, 0.25) is 0 Å². The second kappa shape index (κ2) is 8.01. The molecule has 4 nitrogen and oxygen atoms in total. The van der Waals surface area contributed by atoms with Gasteiger partial charge in [-0.15, -0.1) is 12.4 Å². The van der Waals surface area contributed by atoms with Gasteiger partial charge in [-0.05, 0) is 54.6 Å². The summed E-state index contributed by atoms with van der Waals surface area (Å²) >= 11 is 0. The van der Waals surface area contributed by atoms with Crippen LogP contribution in [0.1, 0.15) is 11.1 Å². The number of phenolic OH excluding ortho intramolecular Hbond substituents is 2. The van der Waals surface area contributed by atoms with E-state index in [2.05, 4.69) is 4.90 Å². The van der Waals surface area contributed by atoms with Gasteiger partial charge in [0.25, 0.3) is 0 Å². The Labute approximate surface area is 153 Å². The van der Waals surface area contributed by atoms with Crippen molar-refractivity contribution in [3.8, 4) is 11.5 Å². The van der Waals surface area contributed by atoms with Crippen LogP contribution in [0.4, 0.5) is 0 Å². The number of nitrogens with zero attached hydrogens (tertiary/aromatic N) is 1. The Hall–Kier alpha value is -2.56. The smallest absolute Gasteiger partial charge is 0.187 e. The monoisotopic (exact) mass is 357 g/mol. The lowest BCUT2D eigenvalue weighted by Crippen LogP contribution is -2.34. The molecule has 1 aliphatic rings. The van der Waals surface area contributed by atoms with Crippen molar-refractivity contribution in [2.75, 3.05) is 20.1 Å². The van der Waals surface area contributed by atoms with Gasteiger partial charge in [0, 0.05) is 24.2 Å². The van der Waals surface area contributed by atoms with E-state index in [1.165, 1.54) is 0 Å². The number of halogens is 1. The summed E-state index contributed by atoms with van der Waals surface area (Å²) in [6.07, 6.45) is 3.63. The predicted molar refractivity (Wildman–Crippen MR) is 102 cm³/mol. The van der Waals surface area contributed by atoms with E-state index in [0.717, 1.165) is 11.1 Å². The highest BCUT2D eigenvalue weighted by Gasteiger charge is 2.23. The molecule has 2 N–H and O–H groups in total. The number of aromatic hydroxyl groups is 2. The first kappa shape index (κ1) is 18.8. The van der Waals surface area contributed by atoms with Crippen molar-refractivity contribution in [3.63, 3.8) is 0 Å². The molecular weight excluding hydrogens is 338 g/mol. The summed E-state index contributed by atoms with van der Waals surface area (Å²) in [5.74, 6) is 0.354. The number of Topliss-reactive ketones (excluding diaryl/α,β-unsaturated/α-hetero) is 1. The molecule has 130 valence electrons. The van der Waals surface area contributed by atoms with E-state index in [-0.39, 0.29) is 29.7 Å². The molecule has 2 aromatic rings. The molecule has 0 aromatic heterocycles. The van der Waals surface area contributed by atoms with Crippen LogP contribution in [0.15, 0.2) is 59.7 Å². The van der Waals surface area contributed by atoms with Gasteiger partial charge in [-0.25, -0.2) is 0 Å². The van der Waals surface area contributed by atoms with Crippen LogP contribution in [-0.2, 0) is 4.79 Å². The maximum Gasteiger partial charge on any atom is 0.187 e. The van der Waals surface area contributed by atoms with Crippen molar-refractivity contribution < 1.29 is 15.0 Å². The number of likely N-dealkylation sites (N-methyl/N-ethyl adjacent to an activating group) is 1. The summed E-state index contributed by atoms with van der Waals surface area (Å²) in [6.45, 7) is 1.12. The Kier molecular flexibility index (Phi) is 6.02. The number of ketones is 1. The summed E-state index contributed by atoms with van der Waals surface area (Å²) in [7, 11) is 1.96. The fourth-order valence-electron chi connectivity index (χ4n) is 2.84. The highest BCUT2D eigenvalue weighted by molar-refractivity contribution is 6.14. The molecule has 2 aromatic carbocycles. The molecule has 0 amide bonds. The number of carbonyl (C=O) groups excluding carboxylic acids is 1. The number of benzene rings is 2. The van der Waals surface area contributed by atoms with Crippen molar-refractivity contribution in [1.29, 1.82) is 0 Å². The third-order valence-corrected chi connectivity index (χ3v) is 3.89. The molecule has 0 saturated carbocycles. The number of likely N-dealkylation sites (tertiary alicyclic amines) is 1. The van der Waals surface area contributed by atoms with E-state index < -0.39 is 0 Å². The van der Waals surface area contributed by atoms with Crippen molar-refractivity contribution in [1.82, 2.24) is 4.90 Å². The zero-order valence-corrected chi connectivity index (χ0v) is 14.7. The van der Waals surface area contributed by atoms with Crippen LogP contribution >= 0.6 is 12.4 Å². The number of piperidine rings is 1. The summed E-state index contributed by atoms with van der Waals surface area (Å²) in [4.78, 5) is 14.8. The number of hydrogen-bond donors (Lipinski definition) is 2. The van der Waals surface area contributed by atoms with Gasteiger partial charge in [0.15, 0.2) is 5.78 Å². The first-order valence-corrected chi connectivity index (χ1v) is 7.74. The van der Waals surface area contributed by atoms with E-state index in [9.17, 15) is 15.0 Å². The molecule has 3 rings (SSSR count). The quantitative estimate of drug-likeness (QED) is 0.807. The lowest BCUT2D eigenvalue weighted by atomic mass is 9.94. The molecule has 0 aliphatic carbocycles. The predicted octanol–water partition coefficient (Wildman–Crippen LogP) is 3.50. The van der Waals surface area contributed by atoms with Gasteiger partial charge in [-0.3, -0.25) is 9.69 Å². The Bertz CT molecular complexity index is 775. The molecule has 0 bridgehead atoms. The standard InChI is InChI=1S/C20H19NO3.ClH/c1-21-12-16(8-14-4-2-6-18(22)10-14)20(24)17(13-21)9-15-5-3-7-19(23)11-15;/h2-11,22-23H,12-13H2,1H3;1H. The van der Waals surface area contributed by atoms with Gasteiger partial charge in [-0.2, -0.15) is 0 Å². The summed E-state index contributed by atoms with van der Waals surface area (Å²) in [5.41, 5.74) is 2.96. The van der Waals surface area contributed by atoms with Gasteiger partial charge < -0.3 is 10.2 Å². The molecule has 0 radical (unpaired) electrons. The SMILES string of the molecule is CN1CC(=Cc2cccc(O)c2)C(=O)C(=Cc2cccc(O)c2)C1.Cl. The maximum atomic E-state index is 12.8. The highest BCUT2D eigenvalue weighted by Crippen LogP contribution is 2.23. The normalized spacial score (nSPS) is 18.4. The summed E-state index contributed by atoms with van der Waals surface area (Å²) in [5, 5.41) is 19.1.